The molecule has 3 aromatic rings. The number of carbonyl (C=O) groups is 2. The Balaban J connectivity index is 1.24. The first-order valence-corrected chi connectivity index (χ1v) is 16.0. The molecule has 0 aliphatic carbocycles. The van der Waals surface area contributed by atoms with E-state index in [4.69, 9.17) is 9.47 Å². The number of piperidine rings is 1. The van der Waals surface area contributed by atoms with E-state index in [0.29, 0.717) is 28.4 Å². The zero-order valence-electron chi connectivity index (χ0n) is 26.8. The van der Waals surface area contributed by atoms with Gasteiger partial charge in [0.2, 0.25) is 0 Å². The van der Waals surface area contributed by atoms with E-state index in [2.05, 4.69) is 48.5 Å². The Morgan fingerprint density at radius 2 is 1.50 bits per heavy atom. The summed E-state index contributed by atoms with van der Waals surface area (Å²) in [4.78, 5) is 27.7. The predicted molar refractivity (Wildman–Crippen MR) is 178 cm³/mol. The second-order valence-corrected chi connectivity index (χ2v) is 12.0. The average Bonchev–Trinajstić information content (AvgIpc) is 3.02. The van der Waals surface area contributed by atoms with Crippen LogP contribution in [0.25, 0.3) is 0 Å². The van der Waals surface area contributed by atoms with E-state index in [1.807, 2.05) is 49.4 Å². The maximum absolute atomic E-state index is 12.9. The summed E-state index contributed by atoms with van der Waals surface area (Å²) in [6.45, 7) is 13.9. The van der Waals surface area contributed by atoms with Crippen LogP contribution >= 0.6 is 0 Å². The van der Waals surface area contributed by atoms with E-state index in [0.717, 1.165) is 62.5 Å². The summed E-state index contributed by atoms with van der Waals surface area (Å²) >= 11 is 0. The third-order valence-corrected chi connectivity index (χ3v) is 8.07. The van der Waals surface area contributed by atoms with Crippen LogP contribution in [0.4, 0.5) is 16.2 Å². The minimum atomic E-state index is -0.214. The normalized spacial score (nSPS) is 14.0. The quantitative estimate of drug-likeness (QED) is 0.184. The number of rotatable bonds is 13. The summed E-state index contributed by atoms with van der Waals surface area (Å²) in [6, 6.07) is 20.1. The molecule has 1 heterocycles. The van der Waals surface area contributed by atoms with Crippen LogP contribution in [0.1, 0.15) is 75.7 Å². The maximum Gasteiger partial charge on any atom is 0.319 e. The van der Waals surface area contributed by atoms with Crippen LogP contribution in [-0.2, 0) is 0 Å². The molecule has 1 aliphatic heterocycles. The lowest BCUT2D eigenvalue weighted by Crippen LogP contribution is -2.39. The maximum atomic E-state index is 12.9. The van der Waals surface area contributed by atoms with Gasteiger partial charge in [0, 0.05) is 36.1 Å². The van der Waals surface area contributed by atoms with Crippen LogP contribution in [0.2, 0.25) is 0 Å². The number of hydrogen-bond donors (Lipinski definition) is 3. The Morgan fingerprint density at radius 1 is 0.864 bits per heavy atom. The number of nitrogens with zero attached hydrogens (tertiary/aromatic N) is 1. The predicted octanol–water partition coefficient (Wildman–Crippen LogP) is 8.24. The Morgan fingerprint density at radius 3 is 2.11 bits per heavy atom. The molecule has 0 spiro atoms. The van der Waals surface area contributed by atoms with Crippen molar-refractivity contribution in [2.24, 2.45) is 5.92 Å². The van der Waals surface area contributed by atoms with Crippen LogP contribution in [0.5, 0.6) is 17.2 Å². The molecule has 8 nitrogen and oxygen atoms in total. The highest BCUT2D eigenvalue weighted by Gasteiger charge is 2.20. The van der Waals surface area contributed by atoms with Crippen molar-refractivity contribution in [1.82, 2.24) is 10.2 Å². The van der Waals surface area contributed by atoms with Crippen molar-refractivity contribution < 1.29 is 19.1 Å². The number of aryl methyl sites for hydroxylation is 1. The zero-order chi connectivity index (χ0) is 31.5. The largest absolute Gasteiger partial charge is 0.490 e. The molecular formula is C36H48N4O4. The second kappa shape index (κ2) is 16.1. The Bertz CT molecular complexity index is 1350. The number of benzene rings is 3. The van der Waals surface area contributed by atoms with Gasteiger partial charge in [0.15, 0.2) is 0 Å². The fourth-order valence-corrected chi connectivity index (χ4v) is 5.19. The minimum Gasteiger partial charge on any atom is -0.490 e. The molecule has 4 rings (SSSR count). The molecule has 1 aliphatic rings. The van der Waals surface area contributed by atoms with Gasteiger partial charge in [0.25, 0.3) is 5.91 Å². The van der Waals surface area contributed by atoms with Crippen molar-refractivity contribution in [2.75, 3.05) is 30.3 Å². The molecule has 0 atom stereocenters. The first kappa shape index (κ1) is 32.9. The third-order valence-electron chi connectivity index (χ3n) is 8.07. The van der Waals surface area contributed by atoms with Crippen molar-refractivity contribution in [1.29, 1.82) is 0 Å². The van der Waals surface area contributed by atoms with Crippen molar-refractivity contribution >= 4 is 23.3 Å². The highest BCUT2D eigenvalue weighted by atomic mass is 16.5. The molecule has 0 bridgehead atoms. The molecule has 3 amide bonds. The van der Waals surface area contributed by atoms with Gasteiger partial charge in [-0.1, -0.05) is 27.7 Å². The summed E-state index contributed by atoms with van der Waals surface area (Å²) < 4.78 is 12.3. The van der Waals surface area contributed by atoms with Gasteiger partial charge in [-0.3, -0.25) is 4.79 Å². The minimum absolute atomic E-state index is 0.158. The van der Waals surface area contributed by atoms with Gasteiger partial charge in [-0.05, 0) is 124 Å². The molecule has 0 aromatic heterocycles. The lowest BCUT2D eigenvalue weighted by atomic mass is 10.1. The van der Waals surface area contributed by atoms with Gasteiger partial charge < -0.3 is 30.3 Å². The van der Waals surface area contributed by atoms with Crippen LogP contribution in [0.3, 0.4) is 0 Å². The highest BCUT2D eigenvalue weighted by Crippen LogP contribution is 2.29. The van der Waals surface area contributed by atoms with Gasteiger partial charge in [0.05, 0.1) is 0 Å². The summed E-state index contributed by atoms with van der Waals surface area (Å²) in [5, 5.41) is 8.80. The first-order valence-electron chi connectivity index (χ1n) is 16.0. The van der Waals surface area contributed by atoms with Crippen molar-refractivity contribution in [3.63, 3.8) is 0 Å². The number of carbonyl (C=O) groups excluding carboxylic acids is 2. The molecule has 1 saturated heterocycles. The van der Waals surface area contributed by atoms with E-state index in [9.17, 15) is 9.59 Å². The van der Waals surface area contributed by atoms with E-state index < -0.39 is 0 Å². The molecule has 0 unspecified atom stereocenters. The monoisotopic (exact) mass is 600 g/mol. The number of likely N-dealkylation sites (tertiary alicyclic amines) is 1. The molecule has 8 heteroatoms. The van der Waals surface area contributed by atoms with E-state index in [1.165, 1.54) is 6.42 Å². The number of amides is 3. The number of anilines is 2. The Hall–Kier alpha value is -4.04. The number of urea groups is 1. The molecule has 0 radical (unpaired) electrons. The molecule has 3 aromatic carbocycles. The molecular weight excluding hydrogens is 552 g/mol. The number of hydrogen-bond acceptors (Lipinski definition) is 5. The van der Waals surface area contributed by atoms with Crippen molar-refractivity contribution in [3.05, 3.63) is 77.9 Å². The lowest BCUT2D eigenvalue weighted by molar-refractivity contribution is 0.0979. The molecule has 1 fully saturated rings. The Labute approximate surface area is 262 Å². The molecule has 44 heavy (non-hydrogen) atoms. The van der Waals surface area contributed by atoms with Gasteiger partial charge in [-0.25, -0.2) is 4.79 Å². The summed E-state index contributed by atoms with van der Waals surface area (Å²) in [7, 11) is 0. The number of nitrogens with one attached hydrogen (secondary N) is 3. The topological polar surface area (TPSA) is 91.9 Å². The second-order valence-electron chi connectivity index (χ2n) is 12.0. The van der Waals surface area contributed by atoms with Gasteiger partial charge >= 0.3 is 6.03 Å². The van der Waals surface area contributed by atoms with Gasteiger partial charge in [-0.15, -0.1) is 0 Å². The van der Waals surface area contributed by atoms with Gasteiger partial charge in [-0.2, -0.15) is 0 Å². The molecule has 236 valence electrons. The number of ether oxygens (including phenoxy) is 2. The fourth-order valence-electron chi connectivity index (χ4n) is 5.19. The van der Waals surface area contributed by atoms with E-state index in [-0.39, 0.29) is 24.1 Å². The van der Waals surface area contributed by atoms with E-state index >= 15 is 0 Å². The van der Waals surface area contributed by atoms with Crippen molar-refractivity contribution in [2.45, 2.75) is 78.9 Å². The zero-order valence-corrected chi connectivity index (χ0v) is 26.8. The van der Waals surface area contributed by atoms with Crippen LogP contribution < -0.4 is 25.4 Å². The summed E-state index contributed by atoms with van der Waals surface area (Å²) in [5.41, 5.74) is 2.83. The lowest BCUT2D eigenvalue weighted by Gasteiger charge is -2.32. The summed E-state index contributed by atoms with van der Waals surface area (Å²) in [6.07, 6.45) is 5.28. The highest BCUT2D eigenvalue weighted by molar-refractivity contribution is 6.04. The Kier molecular flexibility index (Phi) is 12.1. The van der Waals surface area contributed by atoms with Crippen LogP contribution in [-0.4, -0.2) is 48.6 Å². The van der Waals surface area contributed by atoms with Crippen molar-refractivity contribution in [3.8, 4) is 17.2 Å². The van der Waals surface area contributed by atoms with E-state index in [1.54, 1.807) is 24.3 Å². The summed E-state index contributed by atoms with van der Waals surface area (Å²) in [5.74, 6) is 2.68. The SMILES string of the molecule is CCC(CC)NC(=O)Nc1ccc(Oc2ccc(NC(=O)c3ccc(OC4CCN(CCC(C)C)CC4)cc3)cc2C)cc1. The standard InChI is InChI=1S/C36H48N4O4/c1-6-28(7-2)38-36(42)39-29-10-15-32(16-11-29)44-34-17-12-30(24-26(34)5)37-35(41)27-8-13-31(14-9-27)43-33-19-22-40(23-20-33)21-18-25(3)4/h8-17,24-25,28,33H,6-7,18-23H2,1-5H3,(H,37,41)(H2,38,39,42). The molecule has 3 N–H and O–H groups in total. The van der Waals surface area contributed by atoms with Crippen LogP contribution in [0.15, 0.2) is 66.7 Å². The first-order chi connectivity index (χ1) is 21.2. The van der Waals surface area contributed by atoms with Gasteiger partial charge in [0.1, 0.15) is 23.4 Å². The van der Waals surface area contributed by atoms with Crippen LogP contribution in [0, 0.1) is 12.8 Å². The third kappa shape index (κ3) is 10.0. The molecule has 0 saturated carbocycles. The smallest absolute Gasteiger partial charge is 0.319 e. The average molecular weight is 601 g/mol. The fraction of sp³-hybridized carbons (Fsp3) is 0.444.